The van der Waals surface area contributed by atoms with Gasteiger partial charge in [-0.15, -0.1) is 0 Å². The van der Waals surface area contributed by atoms with Gasteiger partial charge in [-0.2, -0.15) is 0 Å². The van der Waals surface area contributed by atoms with Crippen LogP contribution in [0, 0.1) is 0 Å². The fraction of sp³-hybridized carbons (Fsp3) is 0.667. The molecule has 1 unspecified atom stereocenters. The zero-order chi connectivity index (χ0) is 16.8. The molecule has 2 aliphatic rings. The number of hydrogen-bond acceptors (Lipinski definition) is 5. The van der Waals surface area contributed by atoms with E-state index in [1.807, 2.05) is 4.90 Å². The molecule has 2 aliphatic heterocycles. The first-order valence-electron chi connectivity index (χ1n) is 8.90. The fourth-order valence-corrected chi connectivity index (χ4v) is 3.42. The summed E-state index contributed by atoms with van der Waals surface area (Å²) < 4.78 is 11.2. The standard InChI is InChI=1S/C18H26N2O4/c21-10-6-15-3-1-2-9-20(15)18(22)14-4-5-17(19-13-14)24-16-7-11-23-12-8-16/h4-5,13,15-16,21H,1-3,6-12H2. The number of aliphatic hydroxyl groups is 1. The molecule has 6 nitrogen and oxygen atoms in total. The molecule has 3 heterocycles. The summed E-state index contributed by atoms with van der Waals surface area (Å²) >= 11 is 0. The number of hydrogen-bond donors (Lipinski definition) is 1. The first-order chi connectivity index (χ1) is 11.8. The van der Waals surface area contributed by atoms with Gasteiger partial charge in [0.1, 0.15) is 6.10 Å². The Bertz CT molecular complexity index is 526. The molecule has 2 fully saturated rings. The van der Waals surface area contributed by atoms with Crippen molar-refractivity contribution in [2.45, 2.75) is 50.7 Å². The average Bonchev–Trinajstić information content (AvgIpc) is 2.63. The Morgan fingerprint density at radius 3 is 2.83 bits per heavy atom. The molecule has 1 aromatic heterocycles. The number of amides is 1. The largest absolute Gasteiger partial charge is 0.474 e. The van der Waals surface area contributed by atoms with E-state index in [1.165, 1.54) is 0 Å². The van der Waals surface area contributed by atoms with Crippen molar-refractivity contribution in [2.24, 2.45) is 0 Å². The summed E-state index contributed by atoms with van der Waals surface area (Å²) in [6.07, 6.45) is 7.23. The molecular formula is C18H26N2O4. The molecule has 1 N–H and O–H groups in total. The fourth-order valence-electron chi connectivity index (χ4n) is 3.42. The minimum Gasteiger partial charge on any atom is -0.474 e. The number of aliphatic hydroxyl groups excluding tert-OH is 1. The van der Waals surface area contributed by atoms with E-state index < -0.39 is 0 Å². The van der Waals surface area contributed by atoms with E-state index in [0.717, 1.165) is 51.9 Å². The van der Waals surface area contributed by atoms with Crippen LogP contribution >= 0.6 is 0 Å². The Morgan fingerprint density at radius 1 is 1.29 bits per heavy atom. The lowest BCUT2D eigenvalue weighted by Gasteiger charge is -2.35. The first-order valence-corrected chi connectivity index (χ1v) is 8.90. The molecule has 1 amide bonds. The molecule has 6 heteroatoms. The summed E-state index contributed by atoms with van der Waals surface area (Å²) in [5.74, 6) is 0.558. The Hall–Kier alpha value is -1.66. The van der Waals surface area contributed by atoms with Gasteiger partial charge in [0.05, 0.1) is 18.8 Å². The summed E-state index contributed by atoms with van der Waals surface area (Å²) in [5.41, 5.74) is 0.583. The lowest BCUT2D eigenvalue weighted by atomic mass is 9.98. The van der Waals surface area contributed by atoms with Gasteiger partial charge in [0.25, 0.3) is 5.91 Å². The van der Waals surface area contributed by atoms with Gasteiger partial charge in [0.2, 0.25) is 5.88 Å². The third-order valence-corrected chi connectivity index (χ3v) is 4.79. The molecule has 3 rings (SSSR count). The van der Waals surface area contributed by atoms with Crippen molar-refractivity contribution in [1.29, 1.82) is 0 Å². The van der Waals surface area contributed by atoms with Crippen LogP contribution in [0.2, 0.25) is 0 Å². The highest BCUT2D eigenvalue weighted by atomic mass is 16.5. The van der Waals surface area contributed by atoms with Gasteiger partial charge >= 0.3 is 0 Å². The first kappa shape index (κ1) is 17.2. The lowest BCUT2D eigenvalue weighted by Crippen LogP contribution is -2.44. The zero-order valence-electron chi connectivity index (χ0n) is 14.0. The smallest absolute Gasteiger partial charge is 0.255 e. The number of likely N-dealkylation sites (tertiary alicyclic amines) is 1. The van der Waals surface area contributed by atoms with Crippen molar-refractivity contribution in [3.8, 4) is 5.88 Å². The van der Waals surface area contributed by atoms with Crippen molar-refractivity contribution >= 4 is 5.91 Å². The molecule has 132 valence electrons. The van der Waals surface area contributed by atoms with Crippen LogP contribution in [-0.4, -0.2) is 59.4 Å². The summed E-state index contributed by atoms with van der Waals surface area (Å²) in [5, 5.41) is 9.21. The zero-order valence-corrected chi connectivity index (χ0v) is 14.0. The van der Waals surface area contributed by atoms with Gasteiger partial charge < -0.3 is 19.5 Å². The van der Waals surface area contributed by atoms with Gasteiger partial charge in [-0.3, -0.25) is 4.79 Å². The van der Waals surface area contributed by atoms with Crippen LogP contribution in [0.1, 0.15) is 48.9 Å². The summed E-state index contributed by atoms with van der Waals surface area (Å²) in [4.78, 5) is 18.9. The van der Waals surface area contributed by atoms with E-state index in [2.05, 4.69) is 4.98 Å². The molecule has 1 aromatic rings. The molecule has 0 radical (unpaired) electrons. The molecule has 0 bridgehead atoms. The molecule has 24 heavy (non-hydrogen) atoms. The topological polar surface area (TPSA) is 71.9 Å². The van der Waals surface area contributed by atoms with Crippen LogP contribution in [0.3, 0.4) is 0 Å². The third-order valence-electron chi connectivity index (χ3n) is 4.79. The Labute approximate surface area is 142 Å². The molecule has 1 atom stereocenters. The highest BCUT2D eigenvalue weighted by molar-refractivity contribution is 5.94. The Kier molecular flexibility index (Phi) is 6.04. The van der Waals surface area contributed by atoms with Crippen molar-refractivity contribution in [3.05, 3.63) is 23.9 Å². The molecular weight excluding hydrogens is 308 g/mol. The van der Waals surface area contributed by atoms with Gasteiger partial charge in [0.15, 0.2) is 0 Å². The highest BCUT2D eigenvalue weighted by Crippen LogP contribution is 2.22. The number of ether oxygens (including phenoxy) is 2. The second-order valence-electron chi connectivity index (χ2n) is 6.48. The quantitative estimate of drug-likeness (QED) is 0.892. The normalized spacial score (nSPS) is 22.4. The minimum absolute atomic E-state index is 0.00161. The Balaban J connectivity index is 1.62. The summed E-state index contributed by atoms with van der Waals surface area (Å²) in [6, 6.07) is 3.69. The number of pyridine rings is 1. The summed E-state index contributed by atoms with van der Waals surface area (Å²) in [6.45, 7) is 2.32. The number of carbonyl (C=O) groups is 1. The lowest BCUT2D eigenvalue weighted by molar-refractivity contribution is 0.0237. The maximum atomic E-state index is 12.7. The molecule has 2 saturated heterocycles. The molecule has 0 aromatic carbocycles. The molecule has 0 aliphatic carbocycles. The maximum absolute atomic E-state index is 12.7. The predicted octanol–water partition coefficient (Wildman–Crippen LogP) is 2.02. The second kappa shape index (κ2) is 8.44. The number of aromatic nitrogens is 1. The minimum atomic E-state index is -0.00161. The van der Waals surface area contributed by atoms with E-state index in [9.17, 15) is 9.90 Å². The van der Waals surface area contributed by atoms with Gasteiger partial charge in [-0.25, -0.2) is 4.98 Å². The van der Waals surface area contributed by atoms with Crippen molar-refractivity contribution in [3.63, 3.8) is 0 Å². The number of piperidine rings is 1. The van der Waals surface area contributed by atoms with E-state index >= 15 is 0 Å². The van der Waals surface area contributed by atoms with E-state index in [0.29, 0.717) is 17.9 Å². The van der Waals surface area contributed by atoms with E-state index in [4.69, 9.17) is 9.47 Å². The maximum Gasteiger partial charge on any atom is 0.255 e. The number of carbonyl (C=O) groups excluding carboxylic acids is 1. The van der Waals surface area contributed by atoms with E-state index in [1.54, 1.807) is 18.3 Å². The van der Waals surface area contributed by atoms with E-state index in [-0.39, 0.29) is 24.7 Å². The van der Waals surface area contributed by atoms with Crippen molar-refractivity contribution in [2.75, 3.05) is 26.4 Å². The number of rotatable bonds is 5. The van der Waals surface area contributed by atoms with Crippen LogP contribution in [0.5, 0.6) is 5.88 Å². The number of nitrogens with zero attached hydrogens (tertiary/aromatic N) is 2. The monoisotopic (exact) mass is 334 g/mol. The Morgan fingerprint density at radius 2 is 2.12 bits per heavy atom. The van der Waals surface area contributed by atoms with Gasteiger partial charge in [-0.05, 0) is 31.7 Å². The van der Waals surface area contributed by atoms with Crippen LogP contribution in [-0.2, 0) is 4.74 Å². The second-order valence-corrected chi connectivity index (χ2v) is 6.48. The van der Waals surface area contributed by atoms with Crippen molar-refractivity contribution in [1.82, 2.24) is 9.88 Å². The molecule has 0 saturated carbocycles. The van der Waals surface area contributed by atoms with Gasteiger partial charge in [0, 0.05) is 44.3 Å². The molecule has 0 spiro atoms. The third kappa shape index (κ3) is 4.24. The predicted molar refractivity (Wildman–Crippen MR) is 89.1 cm³/mol. The SMILES string of the molecule is O=C(c1ccc(OC2CCOCC2)nc1)N1CCCCC1CCO. The van der Waals surface area contributed by atoms with Crippen LogP contribution < -0.4 is 4.74 Å². The van der Waals surface area contributed by atoms with Crippen LogP contribution in [0.25, 0.3) is 0 Å². The van der Waals surface area contributed by atoms with Gasteiger partial charge in [-0.1, -0.05) is 0 Å². The van der Waals surface area contributed by atoms with Crippen molar-refractivity contribution < 1.29 is 19.4 Å². The average molecular weight is 334 g/mol. The van der Waals surface area contributed by atoms with Crippen LogP contribution in [0.15, 0.2) is 18.3 Å². The highest BCUT2D eigenvalue weighted by Gasteiger charge is 2.27. The summed E-state index contributed by atoms with van der Waals surface area (Å²) in [7, 11) is 0. The van der Waals surface area contributed by atoms with Crippen LogP contribution in [0.4, 0.5) is 0 Å².